The number of hydrogen-bond acceptors (Lipinski definition) is 3. The van der Waals surface area contributed by atoms with Gasteiger partial charge in [-0.05, 0) is 86.5 Å². The van der Waals surface area contributed by atoms with Gasteiger partial charge in [-0.3, -0.25) is 4.79 Å². The molecule has 1 atom stereocenters. The molecule has 0 spiro atoms. The van der Waals surface area contributed by atoms with Gasteiger partial charge in [0, 0.05) is 18.7 Å². The standard InChI is InChI=1S/C30H25FN2O2/c31-25-15-19(27-16-32-10-11-35-27)8-9-26(25)33-30(34)22-12-20-7-6-18-2-1-3-23-24(17-4-5-17)14-21(13-22)28(20)29(18)23/h1-3,6-9,12-15,17,27,32H,4-5,10-11,16H2,(H,33,34)/t27-/m0/s1. The van der Waals surface area contributed by atoms with Crippen LogP contribution in [-0.2, 0) is 4.74 Å². The number of ether oxygens (including phenoxy) is 1. The van der Waals surface area contributed by atoms with E-state index in [1.165, 1.54) is 46.0 Å². The normalized spacial score (nSPS) is 18.5. The number of benzene rings is 5. The highest BCUT2D eigenvalue weighted by Gasteiger charge is 2.27. The molecular weight excluding hydrogens is 439 g/mol. The molecule has 2 fully saturated rings. The zero-order chi connectivity index (χ0) is 23.5. The number of nitrogens with one attached hydrogen (secondary N) is 2. The van der Waals surface area contributed by atoms with Gasteiger partial charge in [-0.2, -0.15) is 0 Å². The Morgan fingerprint density at radius 2 is 1.80 bits per heavy atom. The summed E-state index contributed by atoms with van der Waals surface area (Å²) < 4.78 is 20.6. The van der Waals surface area contributed by atoms with E-state index in [4.69, 9.17) is 4.74 Å². The Labute approximate surface area is 202 Å². The van der Waals surface area contributed by atoms with E-state index in [0.29, 0.717) is 24.6 Å². The molecule has 0 unspecified atom stereocenters. The van der Waals surface area contributed by atoms with Crippen molar-refractivity contribution in [2.45, 2.75) is 24.9 Å². The number of carbonyl (C=O) groups is 1. The van der Waals surface area contributed by atoms with Crippen LogP contribution in [0.1, 0.15) is 46.3 Å². The molecule has 2 aliphatic rings. The van der Waals surface area contributed by atoms with E-state index < -0.39 is 5.82 Å². The van der Waals surface area contributed by atoms with Gasteiger partial charge in [0.25, 0.3) is 5.91 Å². The molecule has 1 amide bonds. The lowest BCUT2D eigenvalue weighted by molar-refractivity contribution is 0.0275. The highest BCUT2D eigenvalue weighted by atomic mass is 19.1. The lowest BCUT2D eigenvalue weighted by Gasteiger charge is -2.24. The molecule has 1 saturated carbocycles. The molecule has 7 rings (SSSR count). The molecule has 35 heavy (non-hydrogen) atoms. The maximum atomic E-state index is 14.9. The lowest BCUT2D eigenvalue weighted by Crippen LogP contribution is -2.33. The Morgan fingerprint density at radius 3 is 2.60 bits per heavy atom. The van der Waals surface area contributed by atoms with Crippen LogP contribution in [0.25, 0.3) is 32.3 Å². The fourth-order valence-corrected chi connectivity index (χ4v) is 5.55. The van der Waals surface area contributed by atoms with Crippen LogP contribution in [0.3, 0.4) is 0 Å². The third kappa shape index (κ3) is 3.54. The van der Waals surface area contributed by atoms with Crippen molar-refractivity contribution in [1.82, 2.24) is 5.32 Å². The molecule has 0 aromatic heterocycles. The van der Waals surface area contributed by atoms with E-state index in [9.17, 15) is 9.18 Å². The molecule has 5 aromatic rings. The van der Waals surface area contributed by atoms with Crippen LogP contribution < -0.4 is 10.6 Å². The summed E-state index contributed by atoms with van der Waals surface area (Å²) in [6, 6.07) is 21.7. The predicted octanol–water partition coefficient (Wildman–Crippen LogP) is 6.51. The number of carbonyl (C=O) groups excluding carboxylic acids is 1. The second-order valence-electron chi connectivity index (χ2n) is 9.76. The summed E-state index contributed by atoms with van der Waals surface area (Å²) in [4.78, 5) is 13.2. The van der Waals surface area contributed by atoms with Crippen LogP contribution in [-0.4, -0.2) is 25.6 Å². The Hall–Kier alpha value is -3.54. The van der Waals surface area contributed by atoms with Crippen LogP contribution in [0.15, 0.2) is 66.7 Å². The predicted molar refractivity (Wildman–Crippen MR) is 138 cm³/mol. The molecule has 5 aromatic carbocycles. The fourth-order valence-electron chi connectivity index (χ4n) is 5.55. The molecule has 1 saturated heterocycles. The zero-order valence-corrected chi connectivity index (χ0v) is 19.2. The Bertz CT molecular complexity index is 1600. The average molecular weight is 465 g/mol. The number of hydrogen-bond donors (Lipinski definition) is 2. The summed E-state index contributed by atoms with van der Waals surface area (Å²) in [6.45, 7) is 2.05. The summed E-state index contributed by atoms with van der Waals surface area (Å²) in [5.74, 6) is -0.179. The van der Waals surface area contributed by atoms with E-state index >= 15 is 0 Å². The first-order chi connectivity index (χ1) is 17.2. The maximum absolute atomic E-state index is 14.9. The minimum atomic E-state index is -0.460. The van der Waals surface area contributed by atoms with Crippen LogP contribution >= 0.6 is 0 Å². The van der Waals surface area contributed by atoms with Gasteiger partial charge in [0.1, 0.15) is 5.82 Å². The van der Waals surface area contributed by atoms with Crippen molar-refractivity contribution >= 4 is 43.9 Å². The molecule has 1 aliphatic heterocycles. The number of halogens is 1. The number of amides is 1. The summed E-state index contributed by atoms with van der Waals surface area (Å²) in [5.41, 5.74) is 2.84. The largest absolute Gasteiger partial charge is 0.371 e. The van der Waals surface area contributed by atoms with Crippen molar-refractivity contribution in [3.63, 3.8) is 0 Å². The lowest BCUT2D eigenvalue weighted by atomic mass is 9.89. The van der Waals surface area contributed by atoms with Crippen molar-refractivity contribution in [2.75, 3.05) is 25.0 Å². The molecule has 4 nitrogen and oxygen atoms in total. The van der Waals surface area contributed by atoms with Crippen LogP contribution in [0.2, 0.25) is 0 Å². The van der Waals surface area contributed by atoms with E-state index in [-0.39, 0.29) is 17.7 Å². The van der Waals surface area contributed by atoms with E-state index in [1.54, 1.807) is 6.07 Å². The molecule has 0 bridgehead atoms. The molecular formula is C30H25FN2O2. The SMILES string of the molecule is O=C(Nc1ccc([C@@H]2CNCCO2)cc1F)c1cc2ccc3cccc4c(C5CC5)cc(c1)c2c34. The summed E-state index contributed by atoms with van der Waals surface area (Å²) in [6.07, 6.45) is 2.25. The Kier molecular flexibility index (Phi) is 4.76. The third-order valence-corrected chi connectivity index (χ3v) is 7.43. The van der Waals surface area contributed by atoms with Crippen LogP contribution in [0, 0.1) is 5.82 Å². The molecule has 5 heteroatoms. The minimum absolute atomic E-state index is 0.172. The van der Waals surface area contributed by atoms with Crippen LogP contribution in [0.4, 0.5) is 10.1 Å². The molecule has 2 N–H and O–H groups in total. The van der Waals surface area contributed by atoms with Crippen molar-refractivity contribution in [3.05, 3.63) is 89.2 Å². The van der Waals surface area contributed by atoms with E-state index in [2.05, 4.69) is 47.0 Å². The van der Waals surface area contributed by atoms with Gasteiger partial charge in [-0.15, -0.1) is 0 Å². The highest BCUT2D eigenvalue weighted by Crippen LogP contribution is 2.47. The summed E-state index contributed by atoms with van der Waals surface area (Å²) >= 11 is 0. The number of anilines is 1. The first kappa shape index (κ1) is 20.8. The van der Waals surface area contributed by atoms with Crippen LogP contribution in [0.5, 0.6) is 0 Å². The smallest absolute Gasteiger partial charge is 0.255 e. The Morgan fingerprint density at radius 1 is 0.943 bits per heavy atom. The summed E-state index contributed by atoms with van der Waals surface area (Å²) in [7, 11) is 0. The fraction of sp³-hybridized carbons (Fsp3) is 0.233. The first-order valence-corrected chi connectivity index (χ1v) is 12.3. The number of rotatable bonds is 4. The second-order valence-corrected chi connectivity index (χ2v) is 9.76. The van der Waals surface area contributed by atoms with Gasteiger partial charge in [0.15, 0.2) is 0 Å². The zero-order valence-electron chi connectivity index (χ0n) is 19.2. The van der Waals surface area contributed by atoms with E-state index in [1.807, 2.05) is 18.2 Å². The van der Waals surface area contributed by atoms with Crippen molar-refractivity contribution in [2.24, 2.45) is 0 Å². The maximum Gasteiger partial charge on any atom is 0.255 e. The van der Waals surface area contributed by atoms with Gasteiger partial charge >= 0.3 is 0 Å². The van der Waals surface area contributed by atoms with Gasteiger partial charge in [-0.1, -0.05) is 42.5 Å². The molecule has 1 heterocycles. The molecule has 174 valence electrons. The topological polar surface area (TPSA) is 50.4 Å². The highest BCUT2D eigenvalue weighted by molar-refractivity contribution is 6.25. The van der Waals surface area contributed by atoms with Gasteiger partial charge in [0.2, 0.25) is 0 Å². The molecule has 1 aliphatic carbocycles. The van der Waals surface area contributed by atoms with Gasteiger partial charge in [-0.25, -0.2) is 4.39 Å². The van der Waals surface area contributed by atoms with Crippen molar-refractivity contribution in [1.29, 1.82) is 0 Å². The molecule has 0 radical (unpaired) electrons. The van der Waals surface area contributed by atoms with Crippen molar-refractivity contribution in [3.8, 4) is 0 Å². The van der Waals surface area contributed by atoms with Gasteiger partial charge < -0.3 is 15.4 Å². The Balaban J connectivity index is 1.26. The second kappa shape index (κ2) is 8.01. The quantitative estimate of drug-likeness (QED) is 0.298. The van der Waals surface area contributed by atoms with Crippen molar-refractivity contribution < 1.29 is 13.9 Å². The first-order valence-electron chi connectivity index (χ1n) is 12.3. The average Bonchev–Trinajstić information content (AvgIpc) is 3.74. The van der Waals surface area contributed by atoms with E-state index in [0.717, 1.165) is 22.9 Å². The minimum Gasteiger partial charge on any atom is -0.371 e. The third-order valence-electron chi connectivity index (χ3n) is 7.43. The summed E-state index contributed by atoms with van der Waals surface area (Å²) in [5, 5.41) is 13.1. The monoisotopic (exact) mass is 464 g/mol. The number of morpholine rings is 1. The van der Waals surface area contributed by atoms with Gasteiger partial charge in [0.05, 0.1) is 18.4 Å².